The largest absolute Gasteiger partial charge is 0.491 e. The molecule has 0 aliphatic heterocycles. The number of rotatable bonds is 3. The number of carbonyl (C=O) groups excluding carboxylic acids is 1. The molecule has 0 aliphatic carbocycles. The first-order chi connectivity index (χ1) is 9.11. The van der Waals surface area contributed by atoms with Crippen LogP contribution in [0.2, 0.25) is 5.02 Å². The summed E-state index contributed by atoms with van der Waals surface area (Å²) in [6, 6.07) is 8.01. The fraction of sp³-hybridized carbons (Fsp3) is 0.0769. The summed E-state index contributed by atoms with van der Waals surface area (Å²) in [5.41, 5.74) is 0.238. The lowest BCUT2D eigenvalue weighted by atomic mass is 10.3. The molecular weight excluding hydrogens is 268 g/mol. The lowest BCUT2D eigenvalue weighted by Gasteiger charge is -2.07. The summed E-state index contributed by atoms with van der Waals surface area (Å²) in [6.45, 7) is 0. The van der Waals surface area contributed by atoms with Crippen molar-refractivity contribution in [3.63, 3.8) is 0 Å². The van der Waals surface area contributed by atoms with Gasteiger partial charge in [0.25, 0.3) is 5.91 Å². The minimum Gasteiger partial charge on any atom is -0.491 e. The zero-order chi connectivity index (χ0) is 13.8. The Morgan fingerprint density at radius 1 is 1.37 bits per heavy atom. The number of H-pyrrole nitrogens is 1. The number of halogens is 1. The molecule has 0 saturated heterocycles. The van der Waals surface area contributed by atoms with E-state index in [1.807, 2.05) is 0 Å². The summed E-state index contributed by atoms with van der Waals surface area (Å²) in [5, 5.41) is 3.03. The summed E-state index contributed by atoms with van der Waals surface area (Å²) in [4.78, 5) is 26.2. The fourth-order valence-electron chi connectivity index (χ4n) is 1.50. The monoisotopic (exact) mass is 278 g/mol. The molecule has 1 aromatic heterocycles. The number of hydrogen-bond donors (Lipinski definition) is 2. The van der Waals surface area contributed by atoms with Gasteiger partial charge in [-0.2, -0.15) is 0 Å². The fourth-order valence-corrected chi connectivity index (χ4v) is 1.68. The van der Waals surface area contributed by atoms with Crippen molar-refractivity contribution < 1.29 is 9.53 Å². The number of aromatic amines is 1. The number of methoxy groups -OCH3 is 1. The highest BCUT2D eigenvalue weighted by molar-refractivity contribution is 6.33. The Morgan fingerprint density at radius 3 is 2.74 bits per heavy atom. The number of benzene rings is 1. The molecule has 98 valence electrons. The Hall–Kier alpha value is -2.27. The number of nitrogens with one attached hydrogen (secondary N) is 2. The second kappa shape index (κ2) is 5.58. The summed E-state index contributed by atoms with van der Waals surface area (Å²) in [7, 11) is 1.38. The van der Waals surface area contributed by atoms with Crippen LogP contribution >= 0.6 is 11.6 Å². The van der Waals surface area contributed by atoms with Crippen molar-refractivity contribution in [2.24, 2.45) is 0 Å². The van der Waals surface area contributed by atoms with Crippen LogP contribution in [0.15, 0.2) is 41.3 Å². The Labute approximate surface area is 114 Å². The molecule has 0 bridgehead atoms. The smallest absolute Gasteiger partial charge is 0.272 e. The number of carbonyl (C=O) groups is 1. The van der Waals surface area contributed by atoms with Crippen molar-refractivity contribution >= 4 is 23.2 Å². The van der Waals surface area contributed by atoms with Gasteiger partial charge in [0.15, 0.2) is 5.75 Å². The van der Waals surface area contributed by atoms with Crippen LogP contribution in [0.3, 0.4) is 0 Å². The zero-order valence-corrected chi connectivity index (χ0v) is 10.8. The van der Waals surface area contributed by atoms with Gasteiger partial charge >= 0.3 is 0 Å². The van der Waals surface area contributed by atoms with E-state index in [-0.39, 0.29) is 16.9 Å². The third kappa shape index (κ3) is 2.95. The average molecular weight is 279 g/mol. The Balaban J connectivity index is 2.24. The first-order valence-corrected chi connectivity index (χ1v) is 5.82. The van der Waals surface area contributed by atoms with Crippen molar-refractivity contribution in [3.05, 3.63) is 57.5 Å². The maximum atomic E-state index is 11.9. The van der Waals surface area contributed by atoms with Gasteiger partial charge in [-0.3, -0.25) is 9.59 Å². The standard InChI is InChI=1S/C13H11ClN2O3/c1-19-12-7-15-10(6-11(12)17)13(18)16-9-5-3-2-4-8(9)14/h2-7H,1H3,(H,15,17)(H,16,18). The van der Waals surface area contributed by atoms with E-state index in [0.29, 0.717) is 10.7 Å². The third-order valence-electron chi connectivity index (χ3n) is 2.46. The molecule has 5 nitrogen and oxygen atoms in total. The second-order valence-electron chi connectivity index (χ2n) is 3.71. The third-order valence-corrected chi connectivity index (χ3v) is 2.79. The quantitative estimate of drug-likeness (QED) is 0.905. The van der Waals surface area contributed by atoms with Crippen LogP contribution in [0.1, 0.15) is 10.5 Å². The molecule has 0 atom stereocenters. The van der Waals surface area contributed by atoms with E-state index in [1.54, 1.807) is 24.3 Å². The number of ether oxygens (including phenoxy) is 1. The summed E-state index contributed by atoms with van der Waals surface area (Å²) in [6.07, 6.45) is 1.34. The Bertz CT molecular complexity index is 667. The van der Waals surface area contributed by atoms with Gasteiger partial charge in [0, 0.05) is 12.3 Å². The van der Waals surface area contributed by atoms with Crippen LogP contribution < -0.4 is 15.5 Å². The summed E-state index contributed by atoms with van der Waals surface area (Å²) in [5.74, 6) is -0.304. The van der Waals surface area contributed by atoms with Gasteiger partial charge in [-0.1, -0.05) is 23.7 Å². The van der Waals surface area contributed by atoms with Crippen molar-refractivity contribution in [2.45, 2.75) is 0 Å². The first-order valence-electron chi connectivity index (χ1n) is 5.44. The van der Waals surface area contributed by atoms with Gasteiger partial charge in [-0.15, -0.1) is 0 Å². The topological polar surface area (TPSA) is 71.2 Å². The molecule has 1 amide bonds. The van der Waals surface area contributed by atoms with Gasteiger partial charge in [0.1, 0.15) is 5.69 Å². The van der Waals surface area contributed by atoms with Crippen molar-refractivity contribution in [3.8, 4) is 5.75 Å². The molecular formula is C13H11ClN2O3. The minimum atomic E-state index is -0.451. The van der Waals surface area contributed by atoms with E-state index >= 15 is 0 Å². The zero-order valence-electron chi connectivity index (χ0n) is 10.1. The van der Waals surface area contributed by atoms with Crippen LogP contribution in [0.25, 0.3) is 0 Å². The SMILES string of the molecule is COc1c[nH]c(C(=O)Nc2ccccc2Cl)cc1=O. The molecule has 0 fully saturated rings. The normalized spacial score (nSPS) is 10.0. The molecule has 6 heteroatoms. The van der Waals surface area contributed by atoms with Gasteiger partial charge < -0.3 is 15.0 Å². The van der Waals surface area contributed by atoms with E-state index in [4.69, 9.17) is 16.3 Å². The average Bonchev–Trinajstić information content (AvgIpc) is 2.41. The van der Waals surface area contributed by atoms with E-state index < -0.39 is 5.91 Å². The molecule has 1 aromatic carbocycles. The van der Waals surface area contributed by atoms with E-state index in [2.05, 4.69) is 10.3 Å². The van der Waals surface area contributed by atoms with E-state index in [0.717, 1.165) is 0 Å². The summed E-state index contributed by atoms with van der Waals surface area (Å²) < 4.78 is 4.82. The van der Waals surface area contributed by atoms with Gasteiger partial charge in [-0.05, 0) is 12.1 Å². The highest BCUT2D eigenvalue weighted by Crippen LogP contribution is 2.20. The lowest BCUT2D eigenvalue weighted by molar-refractivity contribution is 0.102. The van der Waals surface area contributed by atoms with Crippen LogP contribution in [0.5, 0.6) is 5.75 Å². The molecule has 1 heterocycles. The first kappa shape index (κ1) is 13.2. The minimum absolute atomic E-state index is 0.130. The number of para-hydroxylation sites is 1. The van der Waals surface area contributed by atoms with Crippen LogP contribution in [0.4, 0.5) is 5.69 Å². The predicted molar refractivity (Wildman–Crippen MR) is 73.0 cm³/mol. The maximum Gasteiger partial charge on any atom is 0.272 e. The van der Waals surface area contributed by atoms with Crippen LogP contribution in [0, 0.1) is 0 Å². The highest BCUT2D eigenvalue weighted by Gasteiger charge is 2.10. The highest BCUT2D eigenvalue weighted by atomic mass is 35.5. The van der Waals surface area contributed by atoms with Crippen molar-refractivity contribution in [1.82, 2.24) is 4.98 Å². The van der Waals surface area contributed by atoms with Gasteiger partial charge in [-0.25, -0.2) is 0 Å². The van der Waals surface area contributed by atoms with Crippen LogP contribution in [-0.4, -0.2) is 18.0 Å². The van der Waals surface area contributed by atoms with Gasteiger partial charge in [0.2, 0.25) is 5.43 Å². The van der Waals surface area contributed by atoms with Crippen molar-refractivity contribution in [2.75, 3.05) is 12.4 Å². The molecule has 0 aliphatic rings. The molecule has 0 saturated carbocycles. The van der Waals surface area contributed by atoms with Gasteiger partial charge in [0.05, 0.1) is 17.8 Å². The summed E-state index contributed by atoms with van der Waals surface area (Å²) >= 11 is 5.93. The number of pyridine rings is 1. The van der Waals surface area contributed by atoms with Crippen molar-refractivity contribution in [1.29, 1.82) is 0 Å². The second-order valence-corrected chi connectivity index (χ2v) is 4.12. The predicted octanol–water partition coefficient (Wildman–Crippen LogP) is 2.29. The lowest BCUT2D eigenvalue weighted by Crippen LogP contribution is -2.17. The van der Waals surface area contributed by atoms with E-state index in [9.17, 15) is 9.59 Å². The number of hydrogen-bond acceptors (Lipinski definition) is 3. The Morgan fingerprint density at radius 2 is 2.11 bits per heavy atom. The number of aromatic nitrogens is 1. The molecule has 19 heavy (non-hydrogen) atoms. The Kier molecular flexibility index (Phi) is 3.87. The maximum absolute atomic E-state index is 11.9. The molecule has 2 N–H and O–H groups in total. The molecule has 2 aromatic rings. The molecule has 0 radical (unpaired) electrons. The van der Waals surface area contributed by atoms with E-state index in [1.165, 1.54) is 19.4 Å². The van der Waals surface area contributed by atoms with Crippen LogP contribution in [-0.2, 0) is 0 Å². The number of amides is 1. The molecule has 0 unspecified atom stereocenters. The molecule has 2 rings (SSSR count). The molecule has 0 spiro atoms. The number of anilines is 1.